The van der Waals surface area contributed by atoms with Crippen molar-refractivity contribution >= 4 is 6.09 Å². The van der Waals surface area contributed by atoms with Crippen LogP contribution >= 0.6 is 0 Å². The van der Waals surface area contributed by atoms with Gasteiger partial charge in [0.05, 0.1) is 6.04 Å². The highest BCUT2D eigenvalue weighted by Gasteiger charge is 2.18. The molecule has 3 heteroatoms. The van der Waals surface area contributed by atoms with Crippen LogP contribution < -0.4 is 5.32 Å². The molecule has 0 aromatic carbocycles. The molecule has 1 atom stereocenters. The first-order valence-corrected chi connectivity index (χ1v) is 5.03. The third-order valence-corrected chi connectivity index (χ3v) is 1.86. The lowest BCUT2D eigenvalue weighted by molar-refractivity contribution is 0.0511. The summed E-state index contributed by atoms with van der Waals surface area (Å²) in [6.07, 6.45) is 7.72. The third-order valence-electron chi connectivity index (χ3n) is 1.86. The quantitative estimate of drug-likeness (QED) is 0.699. The maximum atomic E-state index is 11.3. The Bertz CT molecular complexity index is 228. The van der Waals surface area contributed by atoms with Gasteiger partial charge in [-0.2, -0.15) is 0 Å². The molecule has 1 N–H and O–H groups in total. The number of ether oxygens (including phenoxy) is 1. The van der Waals surface area contributed by atoms with E-state index in [4.69, 9.17) is 4.74 Å². The molecule has 1 rings (SSSR count). The highest BCUT2D eigenvalue weighted by atomic mass is 16.6. The summed E-state index contributed by atoms with van der Waals surface area (Å²) < 4.78 is 5.14. The van der Waals surface area contributed by atoms with Crippen molar-refractivity contribution in [3.8, 4) is 0 Å². The van der Waals surface area contributed by atoms with Crippen LogP contribution in [0, 0.1) is 6.08 Å². The normalized spacial score (nSPS) is 21.8. The molecule has 0 spiro atoms. The van der Waals surface area contributed by atoms with E-state index in [1.807, 2.05) is 26.8 Å². The number of nitrogens with one attached hydrogen (secondary N) is 1. The number of alkyl carbamates (subject to hydrolysis) is 1. The Hall–Kier alpha value is -0.990. The monoisotopic (exact) mass is 196 g/mol. The second-order valence-electron chi connectivity index (χ2n) is 4.52. The van der Waals surface area contributed by atoms with Gasteiger partial charge in [0.25, 0.3) is 0 Å². The van der Waals surface area contributed by atoms with Crippen LogP contribution in [-0.4, -0.2) is 17.7 Å². The van der Waals surface area contributed by atoms with E-state index in [1.165, 1.54) is 0 Å². The van der Waals surface area contributed by atoms with Gasteiger partial charge in [0.2, 0.25) is 0 Å². The van der Waals surface area contributed by atoms with Crippen molar-refractivity contribution in [2.24, 2.45) is 0 Å². The lowest BCUT2D eigenvalue weighted by Gasteiger charge is -2.23. The summed E-state index contributed by atoms with van der Waals surface area (Å²) in [5.41, 5.74) is -0.424. The van der Waals surface area contributed by atoms with Gasteiger partial charge in [-0.05, 0) is 46.1 Å². The molecule has 0 saturated heterocycles. The van der Waals surface area contributed by atoms with E-state index >= 15 is 0 Å². The first-order valence-electron chi connectivity index (χ1n) is 5.03. The minimum atomic E-state index is -0.424. The molecule has 3 nitrogen and oxygen atoms in total. The van der Waals surface area contributed by atoms with E-state index in [0.29, 0.717) is 0 Å². The lowest BCUT2D eigenvalue weighted by Crippen LogP contribution is -2.38. The number of allylic oxidation sites excluding steroid dienone is 1. The summed E-state index contributed by atoms with van der Waals surface area (Å²) in [7, 11) is 0. The number of carbonyl (C=O) groups is 1. The van der Waals surface area contributed by atoms with Gasteiger partial charge in [-0.1, -0.05) is 6.08 Å². The fourth-order valence-electron chi connectivity index (χ4n) is 1.31. The predicted octanol–water partition coefficient (Wildman–Crippen LogP) is 2.42. The van der Waals surface area contributed by atoms with Gasteiger partial charge in [0, 0.05) is 0 Å². The zero-order valence-corrected chi connectivity index (χ0v) is 9.09. The van der Waals surface area contributed by atoms with Crippen molar-refractivity contribution in [1.82, 2.24) is 5.32 Å². The van der Waals surface area contributed by atoms with Crippen LogP contribution in [0.4, 0.5) is 4.79 Å². The number of hydrogen-bond acceptors (Lipinski definition) is 2. The van der Waals surface area contributed by atoms with Gasteiger partial charge in [-0.15, -0.1) is 0 Å². The molecule has 1 radical (unpaired) electrons. The van der Waals surface area contributed by atoms with Crippen LogP contribution in [0.2, 0.25) is 0 Å². The second-order valence-corrected chi connectivity index (χ2v) is 4.52. The molecule has 0 fully saturated rings. The van der Waals surface area contributed by atoms with E-state index in [0.717, 1.165) is 19.3 Å². The van der Waals surface area contributed by atoms with E-state index in [-0.39, 0.29) is 12.1 Å². The number of hydrogen-bond donors (Lipinski definition) is 1. The Labute approximate surface area is 85.5 Å². The van der Waals surface area contributed by atoms with Crippen LogP contribution in [0.5, 0.6) is 0 Å². The summed E-state index contributed by atoms with van der Waals surface area (Å²) in [4.78, 5) is 11.3. The van der Waals surface area contributed by atoms with Crippen molar-refractivity contribution in [2.75, 3.05) is 0 Å². The van der Waals surface area contributed by atoms with E-state index in [2.05, 4.69) is 11.4 Å². The largest absolute Gasteiger partial charge is 0.444 e. The van der Waals surface area contributed by atoms with Crippen molar-refractivity contribution in [2.45, 2.75) is 51.7 Å². The van der Waals surface area contributed by atoms with Gasteiger partial charge in [0.15, 0.2) is 0 Å². The van der Waals surface area contributed by atoms with Crippen LogP contribution in [0.15, 0.2) is 6.08 Å². The molecule has 0 bridgehead atoms. The van der Waals surface area contributed by atoms with Crippen LogP contribution in [0.25, 0.3) is 0 Å². The molecular weight excluding hydrogens is 178 g/mol. The summed E-state index contributed by atoms with van der Waals surface area (Å²) in [5.74, 6) is 0. The Balaban J connectivity index is 2.33. The molecule has 1 aliphatic carbocycles. The molecule has 1 aliphatic rings. The molecule has 0 aliphatic heterocycles. The van der Waals surface area contributed by atoms with Gasteiger partial charge in [0.1, 0.15) is 5.60 Å². The van der Waals surface area contributed by atoms with Gasteiger partial charge in [-0.25, -0.2) is 4.79 Å². The Morgan fingerprint density at radius 2 is 2.29 bits per heavy atom. The molecule has 0 heterocycles. The van der Waals surface area contributed by atoms with E-state index in [9.17, 15) is 4.79 Å². The summed E-state index contributed by atoms with van der Waals surface area (Å²) in [6.45, 7) is 5.57. The molecule has 14 heavy (non-hydrogen) atoms. The zero-order chi connectivity index (χ0) is 10.6. The van der Waals surface area contributed by atoms with Crippen LogP contribution in [0.1, 0.15) is 40.0 Å². The summed E-state index contributed by atoms with van der Waals surface area (Å²) >= 11 is 0. The maximum absolute atomic E-state index is 11.3. The minimum Gasteiger partial charge on any atom is -0.444 e. The topological polar surface area (TPSA) is 38.3 Å². The number of amides is 1. The summed E-state index contributed by atoms with van der Waals surface area (Å²) in [5, 5.41) is 2.80. The van der Waals surface area contributed by atoms with Crippen LogP contribution in [0.3, 0.4) is 0 Å². The predicted molar refractivity (Wildman–Crippen MR) is 54.8 cm³/mol. The van der Waals surface area contributed by atoms with Crippen molar-refractivity contribution in [3.05, 3.63) is 12.2 Å². The first-order chi connectivity index (χ1) is 6.47. The highest BCUT2D eigenvalue weighted by molar-refractivity contribution is 5.68. The van der Waals surface area contributed by atoms with Crippen LogP contribution in [-0.2, 0) is 4.74 Å². The Morgan fingerprint density at radius 3 is 2.79 bits per heavy atom. The molecule has 1 unspecified atom stereocenters. The van der Waals surface area contributed by atoms with E-state index < -0.39 is 5.60 Å². The second kappa shape index (κ2) is 4.49. The van der Waals surface area contributed by atoms with Gasteiger partial charge in [-0.3, -0.25) is 0 Å². The average molecular weight is 196 g/mol. The molecule has 1 amide bonds. The lowest BCUT2D eigenvalue weighted by atomic mass is 10.0. The standard InChI is InChI=1S/C11H18NO2/c1-11(2,3)14-10(13)12-9-7-5-4-6-8-9/h8-9H,4-5,7H2,1-3H3,(H,12,13). The van der Waals surface area contributed by atoms with Crippen molar-refractivity contribution in [3.63, 3.8) is 0 Å². The smallest absolute Gasteiger partial charge is 0.408 e. The fourth-order valence-corrected chi connectivity index (χ4v) is 1.31. The third kappa shape index (κ3) is 4.30. The molecule has 0 aromatic rings. The number of rotatable bonds is 1. The number of carbonyl (C=O) groups excluding carboxylic acids is 1. The van der Waals surface area contributed by atoms with Gasteiger partial charge >= 0.3 is 6.09 Å². The minimum absolute atomic E-state index is 0.0959. The molecular formula is C11H18NO2. The Morgan fingerprint density at radius 1 is 1.57 bits per heavy atom. The van der Waals surface area contributed by atoms with E-state index in [1.54, 1.807) is 0 Å². The Kier molecular flexibility index (Phi) is 3.55. The highest BCUT2D eigenvalue weighted by Crippen LogP contribution is 2.11. The molecule has 0 saturated carbocycles. The summed E-state index contributed by atoms with van der Waals surface area (Å²) in [6, 6.07) is 0.0959. The SMILES string of the molecule is CC(C)(C)OC(=O)NC1C=[C]CCC1. The molecule has 79 valence electrons. The molecule has 0 aromatic heterocycles. The fraction of sp³-hybridized carbons (Fsp3) is 0.727. The van der Waals surface area contributed by atoms with Crippen molar-refractivity contribution in [1.29, 1.82) is 0 Å². The van der Waals surface area contributed by atoms with Crippen molar-refractivity contribution < 1.29 is 9.53 Å². The van der Waals surface area contributed by atoms with Gasteiger partial charge < -0.3 is 10.1 Å². The zero-order valence-electron chi connectivity index (χ0n) is 9.09. The average Bonchev–Trinajstić information content (AvgIpc) is 2.02. The first kappa shape index (κ1) is 11.1. The maximum Gasteiger partial charge on any atom is 0.408 e.